The molecular weight excluding hydrogens is 404 g/mol. The van der Waals surface area contributed by atoms with Crippen LogP contribution in [-0.2, 0) is 16.1 Å². The molecule has 10 nitrogen and oxygen atoms in total. The van der Waals surface area contributed by atoms with Gasteiger partial charge in [-0.1, -0.05) is 0 Å². The van der Waals surface area contributed by atoms with Gasteiger partial charge in [0, 0.05) is 11.1 Å². The van der Waals surface area contributed by atoms with Gasteiger partial charge < -0.3 is 18.9 Å². The van der Waals surface area contributed by atoms with Gasteiger partial charge in [-0.25, -0.2) is 0 Å². The zero-order valence-corrected chi connectivity index (χ0v) is 17.4. The first-order valence-corrected chi connectivity index (χ1v) is 9.37. The van der Waals surface area contributed by atoms with Crippen LogP contribution in [0.5, 0.6) is 17.2 Å². The van der Waals surface area contributed by atoms with Gasteiger partial charge in [-0.15, -0.1) is 10.2 Å². The van der Waals surface area contributed by atoms with Gasteiger partial charge in [0.25, 0.3) is 0 Å². The Balaban J connectivity index is 1.51. The smallest absolute Gasteiger partial charge is 0.308 e. The highest BCUT2D eigenvalue weighted by Crippen LogP contribution is 2.30. The molecule has 1 aromatic heterocycles. The molecule has 0 atom stereocenters. The van der Waals surface area contributed by atoms with Crippen molar-refractivity contribution < 1.29 is 28.5 Å². The summed E-state index contributed by atoms with van der Waals surface area (Å²) in [6, 6.07) is 11.8. The first-order valence-electron chi connectivity index (χ1n) is 9.37. The normalized spacial score (nSPS) is 10.4. The number of carbonyl (C=O) groups is 2. The molecular formula is C21H22N4O6. The zero-order valence-electron chi connectivity index (χ0n) is 17.4. The summed E-state index contributed by atoms with van der Waals surface area (Å²) >= 11 is 0. The summed E-state index contributed by atoms with van der Waals surface area (Å²) in [4.78, 5) is 25.4. The highest BCUT2D eigenvalue weighted by Gasteiger charge is 2.13. The number of benzene rings is 2. The minimum Gasteiger partial charge on any atom is -0.497 e. The third-order valence-corrected chi connectivity index (χ3v) is 4.39. The second kappa shape index (κ2) is 10.2. The summed E-state index contributed by atoms with van der Waals surface area (Å²) in [6.07, 6.45) is -0.00235. The number of tetrazole rings is 1. The largest absolute Gasteiger partial charge is 0.497 e. The average molecular weight is 426 g/mol. The first kappa shape index (κ1) is 21.8. The number of ether oxygens (including phenoxy) is 4. The van der Waals surface area contributed by atoms with Gasteiger partial charge in [0.05, 0.1) is 34.3 Å². The van der Waals surface area contributed by atoms with E-state index >= 15 is 0 Å². The lowest BCUT2D eigenvalue weighted by molar-refractivity contribution is -0.142. The van der Waals surface area contributed by atoms with Gasteiger partial charge in [-0.05, 0) is 47.7 Å². The van der Waals surface area contributed by atoms with Crippen LogP contribution in [0.2, 0.25) is 0 Å². The van der Waals surface area contributed by atoms with Crippen molar-refractivity contribution in [2.45, 2.75) is 13.0 Å². The molecule has 3 aromatic rings. The molecule has 0 aliphatic rings. The van der Waals surface area contributed by atoms with E-state index in [1.54, 1.807) is 56.7 Å². The van der Waals surface area contributed by atoms with Gasteiger partial charge in [0.2, 0.25) is 5.82 Å². The van der Waals surface area contributed by atoms with E-state index in [0.29, 0.717) is 34.2 Å². The topological polar surface area (TPSA) is 115 Å². The molecule has 0 spiro atoms. The SMILES string of the molecule is COc1ccc(C(=O)COC(=O)CCn2nnc(-c3ccc(OC)c(OC)c3)n2)cc1. The van der Waals surface area contributed by atoms with Crippen molar-refractivity contribution >= 4 is 11.8 Å². The van der Waals surface area contributed by atoms with Gasteiger partial charge in [0.15, 0.2) is 23.9 Å². The fourth-order valence-electron chi connectivity index (χ4n) is 2.70. The van der Waals surface area contributed by atoms with Crippen molar-refractivity contribution in [2.24, 2.45) is 0 Å². The summed E-state index contributed by atoms with van der Waals surface area (Å²) in [7, 11) is 4.63. The highest BCUT2D eigenvalue weighted by molar-refractivity contribution is 5.98. The van der Waals surface area contributed by atoms with Crippen LogP contribution in [0.15, 0.2) is 42.5 Å². The molecule has 1 heterocycles. The lowest BCUT2D eigenvalue weighted by atomic mass is 10.1. The van der Waals surface area contributed by atoms with Crippen LogP contribution in [0.1, 0.15) is 16.8 Å². The standard InChI is InChI=1S/C21H22N4O6/c1-28-16-7-4-14(5-8-16)17(26)13-31-20(27)10-11-25-23-21(22-24-25)15-6-9-18(29-2)19(12-15)30-3/h4-9,12H,10-11,13H2,1-3H3. The Morgan fingerprint density at radius 1 is 0.935 bits per heavy atom. The molecule has 0 saturated heterocycles. The van der Waals surface area contributed by atoms with Crippen molar-refractivity contribution in [3.05, 3.63) is 48.0 Å². The van der Waals surface area contributed by atoms with Crippen LogP contribution in [-0.4, -0.2) is 59.9 Å². The molecule has 0 radical (unpaired) electrons. The number of hydrogen-bond acceptors (Lipinski definition) is 9. The number of ketones is 1. The number of methoxy groups -OCH3 is 3. The molecule has 162 valence electrons. The molecule has 3 rings (SSSR count). The minimum atomic E-state index is -0.535. The predicted molar refractivity (Wildman–Crippen MR) is 109 cm³/mol. The number of rotatable bonds is 10. The van der Waals surface area contributed by atoms with E-state index in [1.165, 1.54) is 11.9 Å². The number of Topliss-reactive ketones (excluding diaryl/α,β-unsaturated/α-hetero) is 1. The summed E-state index contributed by atoms with van der Waals surface area (Å²) < 4.78 is 20.6. The van der Waals surface area contributed by atoms with Crippen LogP contribution in [0.4, 0.5) is 0 Å². The molecule has 0 aliphatic heterocycles. The third-order valence-electron chi connectivity index (χ3n) is 4.39. The van der Waals surface area contributed by atoms with Crippen LogP contribution in [0, 0.1) is 0 Å². The van der Waals surface area contributed by atoms with Crippen molar-refractivity contribution in [1.82, 2.24) is 20.2 Å². The van der Waals surface area contributed by atoms with Crippen LogP contribution in [0.3, 0.4) is 0 Å². The quantitative estimate of drug-likeness (QED) is 0.355. The van der Waals surface area contributed by atoms with Crippen LogP contribution in [0.25, 0.3) is 11.4 Å². The van der Waals surface area contributed by atoms with E-state index in [4.69, 9.17) is 18.9 Å². The van der Waals surface area contributed by atoms with Crippen LogP contribution < -0.4 is 14.2 Å². The molecule has 0 amide bonds. The van der Waals surface area contributed by atoms with E-state index in [9.17, 15) is 9.59 Å². The maximum Gasteiger partial charge on any atom is 0.308 e. The number of aromatic nitrogens is 4. The molecule has 0 N–H and O–H groups in total. The van der Waals surface area contributed by atoms with E-state index in [2.05, 4.69) is 15.4 Å². The number of carbonyl (C=O) groups excluding carboxylic acids is 2. The number of aryl methyl sites for hydroxylation is 1. The van der Waals surface area contributed by atoms with Gasteiger partial charge in [0.1, 0.15) is 5.75 Å². The maximum atomic E-state index is 12.1. The highest BCUT2D eigenvalue weighted by atomic mass is 16.5. The van der Waals surface area contributed by atoms with Gasteiger partial charge in [-0.3, -0.25) is 9.59 Å². The molecule has 0 fully saturated rings. The molecule has 0 saturated carbocycles. The molecule has 10 heteroatoms. The molecule has 31 heavy (non-hydrogen) atoms. The second-order valence-corrected chi connectivity index (χ2v) is 6.34. The summed E-state index contributed by atoms with van der Waals surface area (Å²) in [5, 5.41) is 12.2. The number of nitrogens with zero attached hydrogens (tertiary/aromatic N) is 4. The zero-order chi connectivity index (χ0) is 22.2. The lowest BCUT2D eigenvalue weighted by Crippen LogP contribution is -2.16. The first-order chi connectivity index (χ1) is 15.0. The molecule has 0 unspecified atom stereocenters. The van der Waals surface area contributed by atoms with E-state index in [1.807, 2.05) is 0 Å². The maximum absolute atomic E-state index is 12.1. The monoisotopic (exact) mass is 426 g/mol. The molecule has 0 bridgehead atoms. The van der Waals surface area contributed by atoms with Crippen molar-refractivity contribution in [2.75, 3.05) is 27.9 Å². The Hall–Kier alpha value is -3.95. The fraction of sp³-hybridized carbons (Fsp3) is 0.286. The lowest BCUT2D eigenvalue weighted by Gasteiger charge is -2.07. The summed E-state index contributed by atoms with van der Waals surface area (Å²) in [6.45, 7) is -0.178. The van der Waals surface area contributed by atoms with E-state index in [-0.39, 0.29) is 25.4 Å². The Morgan fingerprint density at radius 2 is 1.68 bits per heavy atom. The van der Waals surface area contributed by atoms with Crippen molar-refractivity contribution in [3.8, 4) is 28.6 Å². The third kappa shape index (κ3) is 5.56. The van der Waals surface area contributed by atoms with Crippen molar-refractivity contribution in [1.29, 1.82) is 0 Å². The summed E-state index contributed by atoms with van der Waals surface area (Å²) in [5.41, 5.74) is 1.13. The molecule has 0 aliphatic carbocycles. The second-order valence-electron chi connectivity index (χ2n) is 6.34. The Labute approximate surface area is 178 Å². The predicted octanol–water partition coefficient (Wildman–Crippen LogP) is 2.18. The Bertz CT molecular complexity index is 1050. The van der Waals surface area contributed by atoms with E-state index < -0.39 is 5.97 Å². The minimum absolute atomic E-state index is 0.00235. The van der Waals surface area contributed by atoms with Crippen molar-refractivity contribution in [3.63, 3.8) is 0 Å². The Morgan fingerprint density at radius 3 is 2.35 bits per heavy atom. The Kier molecular flexibility index (Phi) is 7.15. The number of hydrogen-bond donors (Lipinski definition) is 0. The summed E-state index contributed by atoms with van der Waals surface area (Å²) in [5.74, 6) is 1.31. The fourth-order valence-corrected chi connectivity index (χ4v) is 2.70. The average Bonchev–Trinajstić information content (AvgIpc) is 3.29. The number of esters is 1. The molecule has 2 aromatic carbocycles. The van der Waals surface area contributed by atoms with E-state index in [0.717, 1.165) is 0 Å². The van der Waals surface area contributed by atoms with Gasteiger partial charge >= 0.3 is 5.97 Å². The van der Waals surface area contributed by atoms with Crippen LogP contribution >= 0.6 is 0 Å². The van der Waals surface area contributed by atoms with Gasteiger partial charge in [-0.2, -0.15) is 4.80 Å².